The fourth-order valence-electron chi connectivity index (χ4n) is 3.16. The monoisotopic (exact) mass is 413 g/mol. The summed E-state index contributed by atoms with van der Waals surface area (Å²) in [5.74, 6) is -1.20. The van der Waals surface area contributed by atoms with E-state index >= 15 is 0 Å². The molecule has 160 valence electrons. The zero-order valence-corrected chi connectivity index (χ0v) is 17.5. The number of methoxy groups -OCH3 is 1. The highest BCUT2D eigenvalue weighted by Crippen LogP contribution is 2.39. The Balaban J connectivity index is 1.67. The van der Waals surface area contributed by atoms with Crippen LogP contribution in [-0.2, 0) is 19.1 Å². The molecule has 1 fully saturated rings. The number of rotatable bonds is 9. The molecule has 1 aliphatic rings. The average Bonchev–Trinajstić information content (AvgIpc) is 3.49. The van der Waals surface area contributed by atoms with E-state index in [-0.39, 0.29) is 11.6 Å². The van der Waals surface area contributed by atoms with E-state index in [1.54, 1.807) is 10.7 Å². The maximum atomic E-state index is 12.7. The smallest absolute Gasteiger partial charge is 0.357 e. The second kappa shape index (κ2) is 9.56. The molecule has 1 N–H and O–H groups in total. The van der Waals surface area contributed by atoms with E-state index in [0.717, 1.165) is 24.2 Å². The van der Waals surface area contributed by atoms with Crippen LogP contribution in [0.15, 0.2) is 36.4 Å². The lowest BCUT2D eigenvalue weighted by Crippen LogP contribution is -2.44. The van der Waals surface area contributed by atoms with E-state index < -0.39 is 30.5 Å². The maximum absolute atomic E-state index is 12.7. The van der Waals surface area contributed by atoms with Gasteiger partial charge in [0, 0.05) is 5.92 Å². The second-order valence-electron chi connectivity index (χ2n) is 7.83. The third-order valence-corrected chi connectivity index (χ3v) is 4.80. The summed E-state index contributed by atoms with van der Waals surface area (Å²) in [6.45, 7) is 3.37. The minimum absolute atomic E-state index is 0.179. The second-order valence-corrected chi connectivity index (χ2v) is 7.83. The molecule has 1 aromatic carbocycles. The van der Waals surface area contributed by atoms with Crippen LogP contribution in [0.3, 0.4) is 0 Å². The predicted molar refractivity (Wildman–Crippen MR) is 109 cm³/mol. The van der Waals surface area contributed by atoms with E-state index in [1.807, 2.05) is 44.2 Å². The lowest BCUT2D eigenvalue weighted by molar-refractivity contribution is -0.145. The largest absolute Gasteiger partial charge is 0.467 e. The maximum Gasteiger partial charge on any atom is 0.357 e. The summed E-state index contributed by atoms with van der Waals surface area (Å²) in [5, 5.41) is 7.13. The average molecular weight is 413 g/mol. The molecular formula is C22H27N3O5. The van der Waals surface area contributed by atoms with Crippen LogP contribution >= 0.6 is 0 Å². The van der Waals surface area contributed by atoms with Gasteiger partial charge in [0.25, 0.3) is 5.91 Å². The number of para-hydroxylation sites is 1. The molecule has 8 heteroatoms. The Morgan fingerprint density at radius 3 is 2.50 bits per heavy atom. The van der Waals surface area contributed by atoms with E-state index in [4.69, 9.17) is 9.47 Å². The lowest BCUT2D eigenvalue weighted by atomic mass is 10.0. The first-order valence-electron chi connectivity index (χ1n) is 10.1. The minimum atomic E-state index is -0.780. The normalized spacial score (nSPS) is 14.3. The number of hydrogen-bond acceptors (Lipinski definition) is 6. The van der Waals surface area contributed by atoms with Crippen molar-refractivity contribution in [3.63, 3.8) is 0 Å². The Labute approximate surface area is 175 Å². The van der Waals surface area contributed by atoms with Crippen LogP contribution in [0, 0.1) is 5.92 Å². The van der Waals surface area contributed by atoms with Gasteiger partial charge in [-0.1, -0.05) is 32.0 Å². The van der Waals surface area contributed by atoms with Crippen molar-refractivity contribution in [3.8, 4) is 5.69 Å². The third kappa shape index (κ3) is 5.46. The predicted octanol–water partition coefficient (Wildman–Crippen LogP) is 2.61. The highest BCUT2D eigenvalue weighted by Gasteiger charge is 2.30. The molecule has 0 unspecified atom stereocenters. The van der Waals surface area contributed by atoms with E-state index in [0.29, 0.717) is 12.3 Å². The molecule has 1 saturated carbocycles. The first kappa shape index (κ1) is 21.5. The molecule has 0 radical (unpaired) electrons. The van der Waals surface area contributed by atoms with Crippen LogP contribution in [0.2, 0.25) is 0 Å². The van der Waals surface area contributed by atoms with Gasteiger partial charge in [-0.3, -0.25) is 4.79 Å². The summed E-state index contributed by atoms with van der Waals surface area (Å²) < 4.78 is 11.5. The molecule has 1 amide bonds. The summed E-state index contributed by atoms with van der Waals surface area (Å²) in [7, 11) is 1.27. The van der Waals surface area contributed by atoms with Crippen LogP contribution in [0.1, 0.15) is 55.2 Å². The first-order valence-corrected chi connectivity index (χ1v) is 10.1. The van der Waals surface area contributed by atoms with Crippen LogP contribution in [-0.4, -0.2) is 47.4 Å². The molecule has 1 aromatic heterocycles. The van der Waals surface area contributed by atoms with Crippen LogP contribution in [0.4, 0.5) is 0 Å². The Bertz CT molecular complexity index is 903. The van der Waals surface area contributed by atoms with Crippen molar-refractivity contribution >= 4 is 17.8 Å². The SMILES string of the molecule is COC(=O)[C@@H](CC(C)C)NC(=O)COC(=O)c1cc(C2CC2)nn1-c1ccccc1. The molecule has 0 bridgehead atoms. The highest BCUT2D eigenvalue weighted by molar-refractivity contribution is 5.91. The number of carbonyl (C=O) groups is 3. The Kier molecular flexibility index (Phi) is 6.87. The number of nitrogens with zero attached hydrogens (tertiary/aromatic N) is 2. The zero-order chi connectivity index (χ0) is 21.7. The molecule has 3 rings (SSSR count). The Hall–Kier alpha value is -3.16. The highest BCUT2D eigenvalue weighted by atomic mass is 16.5. The van der Waals surface area contributed by atoms with E-state index in [1.165, 1.54) is 7.11 Å². The Morgan fingerprint density at radius 2 is 1.90 bits per heavy atom. The molecule has 1 atom stereocenters. The van der Waals surface area contributed by atoms with Crippen molar-refractivity contribution in [2.24, 2.45) is 5.92 Å². The molecule has 8 nitrogen and oxygen atoms in total. The number of carbonyl (C=O) groups excluding carboxylic acids is 3. The number of esters is 2. The fourth-order valence-corrected chi connectivity index (χ4v) is 3.16. The van der Waals surface area contributed by atoms with Gasteiger partial charge in [-0.05, 0) is 43.4 Å². The van der Waals surface area contributed by atoms with Gasteiger partial charge < -0.3 is 14.8 Å². The van der Waals surface area contributed by atoms with Crippen LogP contribution < -0.4 is 5.32 Å². The number of nitrogens with one attached hydrogen (secondary N) is 1. The van der Waals surface area contributed by atoms with Gasteiger partial charge in [0.05, 0.1) is 18.5 Å². The molecule has 30 heavy (non-hydrogen) atoms. The van der Waals surface area contributed by atoms with Gasteiger partial charge in [-0.15, -0.1) is 0 Å². The molecule has 1 heterocycles. The van der Waals surface area contributed by atoms with Crippen molar-refractivity contribution in [1.82, 2.24) is 15.1 Å². The van der Waals surface area contributed by atoms with Crippen molar-refractivity contribution in [1.29, 1.82) is 0 Å². The number of amides is 1. The lowest BCUT2D eigenvalue weighted by Gasteiger charge is -2.18. The fraction of sp³-hybridized carbons (Fsp3) is 0.455. The molecule has 0 saturated heterocycles. The van der Waals surface area contributed by atoms with Gasteiger partial charge >= 0.3 is 11.9 Å². The molecule has 0 aliphatic heterocycles. The van der Waals surface area contributed by atoms with E-state index in [9.17, 15) is 14.4 Å². The summed E-state index contributed by atoms with van der Waals surface area (Å²) in [6, 6.07) is 10.2. The summed E-state index contributed by atoms with van der Waals surface area (Å²) in [6.07, 6.45) is 2.53. The minimum Gasteiger partial charge on any atom is -0.467 e. The Morgan fingerprint density at radius 1 is 1.20 bits per heavy atom. The molecule has 1 aliphatic carbocycles. The van der Waals surface area contributed by atoms with Gasteiger partial charge in [-0.25, -0.2) is 14.3 Å². The van der Waals surface area contributed by atoms with Gasteiger partial charge in [-0.2, -0.15) is 5.10 Å². The van der Waals surface area contributed by atoms with Gasteiger partial charge in [0.2, 0.25) is 0 Å². The van der Waals surface area contributed by atoms with Crippen molar-refractivity contribution in [3.05, 3.63) is 47.8 Å². The van der Waals surface area contributed by atoms with Gasteiger partial charge in [0.1, 0.15) is 6.04 Å². The molecule has 0 spiro atoms. The quantitative estimate of drug-likeness (QED) is 0.635. The van der Waals surface area contributed by atoms with Crippen LogP contribution in [0.25, 0.3) is 5.69 Å². The standard InChI is InChI=1S/C22H27N3O5/c1-14(2)11-18(21(27)29-3)23-20(26)13-30-22(28)19-12-17(15-9-10-15)24-25(19)16-7-5-4-6-8-16/h4-8,12,14-15,18H,9-11,13H2,1-3H3,(H,23,26)/t18-/m1/s1. The number of ether oxygens (including phenoxy) is 2. The summed E-state index contributed by atoms with van der Waals surface area (Å²) in [5.41, 5.74) is 1.85. The van der Waals surface area contributed by atoms with Crippen molar-refractivity contribution < 1.29 is 23.9 Å². The topological polar surface area (TPSA) is 99.5 Å². The molecule has 2 aromatic rings. The number of hydrogen-bond donors (Lipinski definition) is 1. The van der Waals surface area contributed by atoms with Crippen LogP contribution in [0.5, 0.6) is 0 Å². The zero-order valence-electron chi connectivity index (χ0n) is 17.5. The van der Waals surface area contributed by atoms with Gasteiger partial charge in [0.15, 0.2) is 12.3 Å². The van der Waals surface area contributed by atoms with E-state index in [2.05, 4.69) is 10.4 Å². The summed E-state index contributed by atoms with van der Waals surface area (Å²) in [4.78, 5) is 36.8. The number of aromatic nitrogens is 2. The first-order chi connectivity index (χ1) is 14.4. The third-order valence-electron chi connectivity index (χ3n) is 4.80. The molecular weight excluding hydrogens is 386 g/mol. The van der Waals surface area contributed by atoms with Crippen molar-refractivity contribution in [2.75, 3.05) is 13.7 Å². The van der Waals surface area contributed by atoms with Crippen molar-refractivity contribution in [2.45, 2.75) is 45.1 Å². The summed E-state index contributed by atoms with van der Waals surface area (Å²) >= 11 is 0. The number of benzene rings is 1.